The van der Waals surface area contributed by atoms with Gasteiger partial charge in [0.25, 0.3) is 0 Å². The molecule has 0 amide bonds. The van der Waals surface area contributed by atoms with Gasteiger partial charge in [0.05, 0.1) is 18.0 Å². The molecular weight excluding hydrogens is 306 g/mol. The van der Waals surface area contributed by atoms with E-state index in [9.17, 15) is 0 Å². The van der Waals surface area contributed by atoms with Crippen LogP contribution in [0.25, 0.3) is 16.2 Å². The SMILES string of the molecule is CCOc1ccc(-c2nc3scc(C(C)C)n3c2CCN)cc1. The summed E-state index contributed by atoms with van der Waals surface area (Å²) in [7, 11) is 0. The van der Waals surface area contributed by atoms with Crippen molar-refractivity contribution in [3.8, 4) is 17.0 Å². The number of benzene rings is 1. The molecule has 0 bridgehead atoms. The molecule has 3 rings (SSSR count). The van der Waals surface area contributed by atoms with Crippen molar-refractivity contribution in [3.05, 3.63) is 41.0 Å². The van der Waals surface area contributed by atoms with Crippen molar-refractivity contribution in [1.29, 1.82) is 0 Å². The average Bonchev–Trinajstić information content (AvgIpc) is 3.09. The number of fused-ring (bicyclic) bond motifs is 1. The van der Waals surface area contributed by atoms with Crippen LogP contribution in [-0.2, 0) is 6.42 Å². The zero-order valence-corrected chi connectivity index (χ0v) is 14.7. The van der Waals surface area contributed by atoms with Crippen molar-refractivity contribution in [2.45, 2.75) is 33.1 Å². The lowest BCUT2D eigenvalue weighted by molar-refractivity contribution is 0.340. The van der Waals surface area contributed by atoms with Gasteiger partial charge in [0.2, 0.25) is 0 Å². The molecule has 0 saturated carbocycles. The van der Waals surface area contributed by atoms with Gasteiger partial charge in [0.1, 0.15) is 5.75 Å². The van der Waals surface area contributed by atoms with Crippen LogP contribution < -0.4 is 10.5 Å². The quantitative estimate of drug-likeness (QED) is 0.741. The van der Waals surface area contributed by atoms with Gasteiger partial charge in [0.15, 0.2) is 4.96 Å². The number of aromatic nitrogens is 2. The Morgan fingerprint density at radius 1 is 1.26 bits per heavy atom. The summed E-state index contributed by atoms with van der Waals surface area (Å²) in [6.45, 7) is 7.71. The van der Waals surface area contributed by atoms with Gasteiger partial charge in [-0.2, -0.15) is 0 Å². The molecule has 4 nitrogen and oxygen atoms in total. The summed E-state index contributed by atoms with van der Waals surface area (Å²) in [5.74, 6) is 1.35. The summed E-state index contributed by atoms with van der Waals surface area (Å²) in [5.41, 5.74) is 10.5. The van der Waals surface area contributed by atoms with E-state index >= 15 is 0 Å². The first-order valence-corrected chi connectivity index (χ1v) is 8.95. The predicted octanol–water partition coefficient (Wildman–Crippen LogP) is 4.09. The first kappa shape index (κ1) is 16.0. The maximum atomic E-state index is 5.86. The summed E-state index contributed by atoms with van der Waals surface area (Å²) >= 11 is 1.70. The van der Waals surface area contributed by atoms with Crippen LogP contribution in [0.15, 0.2) is 29.6 Å². The molecule has 0 radical (unpaired) electrons. The third-order valence-electron chi connectivity index (χ3n) is 3.90. The number of nitrogens with zero attached hydrogens (tertiary/aromatic N) is 2. The zero-order valence-electron chi connectivity index (χ0n) is 13.9. The Balaban J connectivity index is 2.11. The molecule has 0 spiro atoms. The summed E-state index contributed by atoms with van der Waals surface area (Å²) in [6.07, 6.45) is 0.820. The molecule has 2 heterocycles. The number of hydrogen-bond acceptors (Lipinski definition) is 4. The second-order valence-corrected chi connectivity index (χ2v) is 6.67. The number of thiazole rings is 1. The Bertz CT molecular complexity index is 787. The second-order valence-electron chi connectivity index (χ2n) is 5.84. The molecule has 0 unspecified atom stereocenters. The van der Waals surface area contributed by atoms with Gasteiger partial charge in [-0.25, -0.2) is 4.98 Å². The number of imidazole rings is 1. The first-order valence-electron chi connectivity index (χ1n) is 8.07. The smallest absolute Gasteiger partial charge is 0.194 e. The van der Waals surface area contributed by atoms with Crippen LogP contribution in [0.1, 0.15) is 38.1 Å². The average molecular weight is 329 g/mol. The summed E-state index contributed by atoms with van der Waals surface area (Å²) in [6, 6.07) is 8.16. The summed E-state index contributed by atoms with van der Waals surface area (Å²) in [5, 5.41) is 2.20. The Kier molecular flexibility index (Phi) is 4.68. The molecule has 1 aromatic carbocycles. The van der Waals surface area contributed by atoms with Gasteiger partial charge in [-0.3, -0.25) is 4.40 Å². The maximum Gasteiger partial charge on any atom is 0.194 e. The molecule has 0 aliphatic rings. The van der Waals surface area contributed by atoms with E-state index < -0.39 is 0 Å². The minimum absolute atomic E-state index is 0.461. The fourth-order valence-corrected chi connectivity index (χ4v) is 3.88. The molecule has 0 fully saturated rings. The lowest BCUT2D eigenvalue weighted by Gasteiger charge is -2.09. The number of rotatable bonds is 6. The minimum atomic E-state index is 0.461. The molecular formula is C18H23N3OS. The van der Waals surface area contributed by atoms with Gasteiger partial charge in [-0.1, -0.05) is 13.8 Å². The summed E-state index contributed by atoms with van der Waals surface area (Å²) < 4.78 is 7.81. The largest absolute Gasteiger partial charge is 0.494 e. The van der Waals surface area contributed by atoms with E-state index in [1.807, 2.05) is 19.1 Å². The molecule has 3 aromatic rings. The Morgan fingerprint density at radius 3 is 2.61 bits per heavy atom. The van der Waals surface area contributed by atoms with Crippen LogP contribution in [0.2, 0.25) is 0 Å². The Labute approximate surface area is 140 Å². The molecule has 0 aliphatic carbocycles. The van der Waals surface area contributed by atoms with Crippen LogP contribution in [-0.4, -0.2) is 22.5 Å². The molecule has 122 valence electrons. The van der Waals surface area contributed by atoms with E-state index in [0.29, 0.717) is 19.1 Å². The summed E-state index contributed by atoms with van der Waals surface area (Å²) in [4.78, 5) is 5.91. The van der Waals surface area contributed by atoms with Crippen LogP contribution in [0.5, 0.6) is 5.75 Å². The molecule has 23 heavy (non-hydrogen) atoms. The Hall–Kier alpha value is -1.85. The molecule has 2 N–H and O–H groups in total. The fraction of sp³-hybridized carbons (Fsp3) is 0.389. The predicted molar refractivity (Wildman–Crippen MR) is 96.5 cm³/mol. The van der Waals surface area contributed by atoms with Gasteiger partial charge in [0, 0.05) is 23.1 Å². The number of nitrogens with two attached hydrogens (primary N) is 1. The van der Waals surface area contributed by atoms with E-state index in [-0.39, 0.29) is 0 Å². The lowest BCUT2D eigenvalue weighted by Crippen LogP contribution is -2.08. The van der Waals surface area contributed by atoms with Gasteiger partial charge < -0.3 is 10.5 Å². The highest BCUT2D eigenvalue weighted by Crippen LogP contribution is 2.32. The van der Waals surface area contributed by atoms with E-state index in [1.165, 1.54) is 11.4 Å². The van der Waals surface area contributed by atoms with E-state index in [2.05, 4.69) is 35.8 Å². The van der Waals surface area contributed by atoms with Crippen molar-refractivity contribution in [2.24, 2.45) is 5.73 Å². The minimum Gasteiger partial charge on any atom is -0.494 e. The molecule has 2 aromatic heterocycles. The van der Waals surface area contributed by atoms with E-state index in [4.69, 9.17) is 15.5 Å². The van der Waals surface area contributed by atoms with Crippen molar-refractivity contribution in [1.82, 2.24) is 9.38 Å². The number of ether oxygens (including phenoxy) is 1. The standard InChI is InChI=1S/C18H23N3OS/c1-4-22-14-7-5-13(6-8-14)17-15(9-10-19)21-16(12(2)3)11-23-18(21)20-17/h5-8,11-12H,4,9-10,19H2,1-3H3. The third kappa shape index (κ3) is 2.99. The molecule has 0 saturated heterocycles. The zero-order chi connectivity index (χ0) is 16.4. The van der Waals surface area contributed by atoms with Crippen LogP contribution in [0.4, 0.5) is 0 Å². The molecule has 5 heteroatoms. The first-order chi connectivity index (χ1) is 11.2. The van der Waals surface area contributed by atoms with Gasteiger partial charge >= 0.3 is 0 Å². The van der Waals surface area contributed by atoms with E-state index in [1.54, 1.807) is 11.3 Å². The van der Waals surface area contributed by atoms with Gasteiger partial charge in [-0.05, 0) is 43.7 Å². The fourth-order valence-electron chi connectivity index (χ4n) is 2.81. The highest BCUT2D eigenvalue weighted by molar-refractivity contribution is 7.15. The van der Waals surface area contributed by atoms with Crippen LogP contribution in [0.3, 0.4) is 0 Å². The number of hydrogen-bond donors (Lipinski definition) is 1. The van der Waals surface area contributed by atoms with Crippen LogP contribution in [0, 0.1) is 0 Å². The normalized spacial score (nSPS) is 11.5. The van der Waals surface area contributed by atoms with Crippen molar-refractivity contribution in [2.75, 3.05) is 13.2 Å². The third-order valence-corrected chi connectivity index (χ3v) is 4.74. The molecule has 0 atom stereocenters. The topological polar surface area (TPSA) is 52.5 Å². The van der Waals surface area contributed by atoms with Crippen molar-refractivity contribution >= 4 is 16.3 Å². The van der Waals surface area contributed by atoms with Crippen molar-refractivity contribution in [3.63, 3.8) is 0 Å². The van der Waals surface area contributed by atoms with Crippen LogP contribution >= 0.6 is 11.3 Å². The highest BCUT2D eigenvalue weighted by atomic mass is 32.1. The second kappa shape index (κ2) is 6.72. The van der Waals surface area contributed by atoms with E-state index in [0.717, 1.165) is 28.4 Å². The maximum absolute atomic E-state index is 5.86. The highest BCUT2D eigenvalue weighted by Gasteiger charge is 2.18. The monoisotopic (exact) mass is 329 g/mol. The molecule has 0 aliphatic heterocycles. The Morgan fingerprint density at radius 2 is 2.00 bits per heavy atom. The van der Waals surface area contributed by atoms with Gasteiger partial charge in [-0.15, -0.1) is 11.3 Å². The van der Waals surface area contributed by atoms with Crippen molar-refractivity contribution < 1.29 is 4.74 Å². The lowest BCUT2D eigenvalue weighted by atomic mass is 10.1.